The molecule has 6 rings (SSSR count). The van der Waals surface area contributed by atoms with Gasteiger partial charge in [0.05, 0.1) is 55.7 Å². The van der Waals surface area contributed by atoms with Crippen molar-refractivity contribution < 1.29 is 74.7 Å². The summed E-state index contributed by atoms with van der Waals surface area (Å²) in [6, 6.07) is 11.0. The summed E-state index contributed by atoms with van der Waals surface area (Å²) in [7, 11) is 0. The second kappa shape index (κ2) is 24.2. The van der Waals surface area contributed by atoms with Crippen molar-refractivity contribution in [2.45, 2.75) is 111 Å². The van der Waals surface area contributed by atoms with Gasteiger partial charge in [-0.1, -0.05) is 66.2 Å². The number of nitrogens with zero attached hydrogens (tertiary/aromatic N) is 3. The van der Waals surface area contributed by atoms with Crippen LogP contribution in [-0.2, 0) is 48.0 Å². The molecule has 68 heavy (non-hydrogen) atoms. The topological polar surface area (TPSA) is 294 Å². The first-order valence-electron chi connectivity index (χ1n) is 23.0. The summed E-state index contributed by atoms with van der Waals surface area (Å²) in [6.07, 6.45) is 2.22. The van der Waals surface area contributed by atoms with E-state index in [2.05, 4.69) is 0 Å². The van der Waals surface area contributed by atoms with Gasteiger partial charge in [-0.25, -0.2) is 0 Å². The monoisotopic (exact) mass is 949 g/mol. The molecule has 18 nitrogen and oxygen atoms in total. The van der Waals surface area contributed by atoms with Gasteiger partial charge in [-0.05, 0) is 78.3 Å². The zero-order chi connectivity index (χ0) is 50.7. The van der Waals surface area contributed by atoms with Crippen molar-refractivity contribution >= 4 is 35.4 Å². The second-order valence-electron chi connectivity index (χ2n) is 18.7. The SMILES string of the molecule is CC(C)C(CO)N1C(=O)CC(Cc2ccc(O)cc2O)C1=O.CC(C)CC(CO)N1C(=O)CC(Cc2ccc(O)cc2O)C1=O.CCC(C)C(CO)N1C(=O)CC(Cc2ccc(O)cc2O)C1=O. The maximum atomic E-state index is 12.6. The van der Waals surface area contributed by atoms with Crippen molar-refractivity contribution in [3.05, 3.63) is 71.3 Å². The fourth-order valence-electron chi connectivity index (χ4n) is 8.86. The Morgan fingerprint density at radius 1 is 0.500 bits per heavy atom. The van der Waals surface area contributed by atoms with E-state index >= 15 is 0 Å². The van der Waals surface area contributed by atoms with Gasteiger partial charge in [-0.2, -0.15) is 0 Å². The highest BCUT2D eigenvalue weighted by Crippen LogP contribution is 2.35. The van der Waals surface area contributed by atoms with Crippen molar-refractivity contribution in [3.63, 3.8) is 0 Å². The molecule has 3 saturated heterocycles. The number of carbonyl (C=O) groups is 6. The number of amides is 6. The van der Waals surface area contributed by atoms with Crippen LogP contribution in [0.2, 0.25) is 0 Å². The Bertz CT molecular complexity index is 2280. The lowest BCUT2D eigenvalue weighted by molar-refractivity contribution is -0.146. The largest absolute Gasteiger partial charge is 0.508 e. The lowest BCUT2D eigenvalue weighted by Gasteiger charge is -2.29. The Morgan fingerprint density at radius 2 is 0.838 bits per heavy atom. The molecule has 7 atom stereocenters. The Labute approximate surface area is 396 Å². The fourth-order valence-corrected chi connectivity index (χ4v) is 8.86. The summed E-state index contributed by atoms with van der Waals surface area (Å²) < 4.78 is 0. The van der Waals surface area contributed by atoms with E-state index in [4.69, 9.17) is 0 Å². The molecule has 7 unspecified atom stereocenters. The van der Waals surface area contributed by atoms with Crippen molar-refractivity contribution in [1.82, 2.24) is 14.7 Å². The van der Waals surface area contributed by atoms with Gasteiger partial charge in [-0.3, -0.25) is 43.5 Å². The molecule has 6 amide bonds. The molecule has 0 spiro atoms. The van der Waals surface area contributed by atoms with Crippen molar-refractivity contribution in [2.24, 2.45) is 35.5 Å². The van der Waals surface area contributed by atoms with Crippen LogP contribution in [-0.4, -0.2) is 134 Å². The third kappa shape index (κ3) is 13.3. The third-order valence-corrected chi connectivity index (χ3v) is 12.9. The van der Waals surface area contributed by atoms with E-state index in [-0.39, 0.29) is 146 Å². The highest BCUT2D eigenvalue weighted by molar-refractivity contribution is 6.05. The predicted octanol–water partition coefficient (Wildman–Crippen LogP) is 3.88. The zero-order valence-corrected chi connectivity index (χ0v) is 39.5. The van der Waals surface area contributed by atoms with Crippen LogP contribution in [0.5, 0.6) is 34.5 Å². The Hall–Kier alpha value is -6.24. The van der Waals surface area contributed by atoms with E-state index in [1.165, 1.54) is 52.3 Å². The van der Waals surface area contributed by atoms with Crippen LogP contribution in [0.15, 0.2) is 54.6 Å². The summed E-state index contributed by atoms with van der Waals surface area (Å²) >= 11 is 0. The van der Waals surface area contributed by atoms with Crippen LogP contribution in [0, 0.1) is 35.5 Å². The van der Waals surface area contributed by atoms with Gasteiger partial charge in [0.2, 0.25) is 35.4 Å². The van der Waals surface area contributed by atoms with Gasteiger partial charge >= 0.3 is 0 Å². The zero-order valence-electron chi connectivity index (χ0n) is 39.5. The van der Waals surface area contributed by atoms with Crippen molar-refractivity contribution in [1.29, 1.82) is 0 Å². The van der Waals surface area contributed by atoms with Crippen molar-refractivity contribution in [3.8, 4) is 34.5 Å². The quantitative estimate of drug-likeness (QED) is 0.0868. The van der Waals surface area contributed by atoms with E-state index < -0.39 is 35.9 Å². The van der Waals surface area contributed by atoms with E-state index in [9.17, 15) is 74.7 Å². The lowest BCUT2D eigenvalue weighted by Crippen LogP contribution is -2.46. The van der Waals surface area contributed by atoms with E-state index in [0.29, 0.717) is 23.1 Å². The molecule has 0 radical (unpaired) electrons. The Morgan fingerprint density at radius 3 is 1.13 bits per heavy atom. The first-order chi connectivity index (χ1) is 32.1. The molecule has 0 saturated carbocycles. The third-order valence-electron chi connectivity index (χ3n) is 12.9. The molecular formula is C50H67N3O15. The molecule has 3 aliphatic rings. The molecule has 0 aromatic heterocycles. The first-order valence-corrected chi connectivity index (χ1v) is 23.0. The number of aromatic hydroxyl groups is 6. The minimum atomic E-state index is -0.546. The fraction of sp³-hybridized carbons (Fsp3) is 0.520. The molecule has 3 aromatic carbocycles. The molecule has 3 aliphatic heterocycles. The molecular weight excluding hydrogens is 883 g/mol. The van der Waals surface area contributed by atoms with Crippen LogP contribution in [0.25, 0.3) is 0 Å². The highest BCUT2D eigenvalue weighted by Gasteiger charge is 2.45. The van der Waals surface area contributed by atoms with Gasteiger partial charge in [0.25, 0.3) is 0 Å². The number of phenolic OH excluding ortho intramolecular Hbond substituents is 6. The number of rotatable bonds is 17. The Balaban J connectivity index is 0.000000222. The lowest BCUT2D eigenvalue weighted by atomic mass is 9.96. The maximum absolute atomic E-state index is 12.6. The molecule has 0 aliphatic carbocycles. The molecule has 18 heteroatoms. The van der Waals surface area contributed by atoms with Gasteiger partial charge in [-0.15, -0.1) is 0 Å². The van der Waals surface area contributed by atoms with E-state index in [1.807, 2.05) is 41.5 Å². The van der Waals surface area contributed by atoms with Gasteiger partial charge in [0.15, 0.2) is 0 Å². The minimum absolute atomic E-state index is 0.0220. The summed E-state index contributed by atoms with van der Waals surface area (Å²) in [4.78, 5) is 77.7. The number of hydrogen-bond donors (Lipinski definition) is 9. The van der Waals surface area contributed by atoms with E-state index in [0.717, 1.165) is 11.3 Å². The molecule has 0 bridgehead atoms. The van der Waals surface area contributed by atoms with Crippen LogP contribution in [0.1, 0.15) is 90.3 Å². The highest BCUT2D eigenvalue weighted by atomic mass is 16.3. The number of phenols is 6. The number of carbonyl (C=O) groups excluding carboxylic acids is 6. The summed E-state index contributed by atoms with van der Waals surface area (Å²) in [5.41, 5.74) is 1.54. The average Bonchev–Trinajstić information content (AvgIpc) is 3.83. The molecule has 372 valence electrons. The first kappa shape index (κ1) is 54.4. The minimum Gasteiger partial charge on any atom is -0.508 e. The number of imide groups is 3. The van der Waals surface area contributed by atoms with Gasteiger partial charge < -0.3 is 46.0 Å². The van der Waals surface area contributed by atoms with Gasteiger partial charge in [0, 0.05) is 37.5 Å². The van der Waals surface area contributed by atoms with Crippen LogP contribution in [0.3, 0.4) is 0 Å². The van der Waals surface area contributed by atoms with Crippen LogP contribution >= 0.6 is 0 Å². The molecule has 9 N–H and O–H groups in total. The summed E-state index contributed by atoms with van der Waals surface area (Å²) in [5.74, 6) is -3.61. The van der Waals surface area contributed by atoms with E-state index in [1.54, 1.807) is 12.1 Å². The summed E-state index contributed by atoms with van der Waals surface area (Å²) in [6.45, 7) is 10.7. The predicted molar refractivity (Wildman–Crippen MR) is 247 cm³/mol. The number of aliphatic hydroxyl groups excluding tert-OH is 3. The average molecular weight is 950 g/mol. The molecule has 3 fully saturated rings. The number of likely N-dealkylation sites (tertiary alicyclic amines) is 3. The second-order valence-corrected chi connectivity index (χ2v) is 18.7. The summed E-state index contributed by atoms with van der Waals surface area (Å²) in [5, 5.41) is 85.9. The normalized spacial score (nSPS) is 20.2. The standard InChI is InChI=1S/2C17H23NO5.C16H21NO5/c1-10(2)5-13(9-19)18-16(22)7-12(17(18)23)6-11-3-4-14(20)8-15(11)21;1-3-10(2)14(9-19)18-16(22)7-12(17(18)23)6-11-4-5-13(20)8-15(11)21;1-9(2)13(8-18)17-15(21)6-11(16(17)22)5-10-3-4-12(19)7-14(10)20/h3-4,8,10,12-13,19-21H,5-7,9H2,1-2H3;4-5,8,10,12,14,19-21H,3,6-7,9H2,1-2H3;3-4,7,9,11,13,18-20H,5-6,8H2,1-2H3. The molecule has 3 heterocycles. The number of aliphatic hydroxyl groups is 3. The van der Waals surface area contributed by atoms with Crippen LogP contribution in [0.4, 0.5) is 0 Å². The van der Waals surface area contributed by atoms with Crippen LogP contribution < -0.4 is 0 Å². The Kier molecular flexibility index (Phi) is 19.3. The van der Waals surface area contributed by atoms with Crippen molar-refractivity contribution in [2.75, 3.05) is 19.8 Å². The van der Waals surface area contributed by atoms with Gasteiger partial charge in [0.1, 0.15) is 34.5 Å². The molecule has 3 aromatic rings. The smallest absolute Gasteiger partial charge is 0.233 e. The number of benzene rings is 3. The number of hydrogen-bond acceptors (Lipinski definition) is 15. The maximum Gasteiger partial charge on any atom is 0.233 e.